The molecule has 0 saturated carbocycles. The zero-order valence-corrected chi connectivity index (χ0v) is 14.8. The number of methoxy groups -OCH3 is 1. The number of hydrogen-bond acceptors (Lipinski definition) is 3. The van der Waals surface area contributed by atoms with Gasteiger partial charge in [-0.3, -0.25) is 9.59 Å². The lowest BCUT2D eigenvalue weighted by molar-refractivity contribution is -0.141. The smallest absolute Gasteiger partial charge is 0.249 e. The monoisotopic (exact) mass is 338 g/mol. The summed E-state index contributed by atoms with van der Waals surface area (Å²) in [7, 11) is 1.56. The molecule has 0 aromatic heterocycles. The molecule has 0 bridgehead atoms. The number of nitrogens with zero attached hydrogens (tertiary/aromatic N) is 2. The predicted molar refractivity (Wildman–Crippen MR) is 91.0 cm³/mol. The number of ether oxygens (including phenoxy) is 1. The van der Waals surface area contributed by atoms with Gasteiger partial charge in [-0.25, -0.2) is 0 Å². The molecule has 0 radical (unpaired) electrons. The van der Waals surface area contributed by atoms with Gasteiger partial charge in [0, 0.05) is 24.5 Å². The fourth-order valence-corrected chi connectivity index (χ4v) is 2.96. The Bertz CT molecular complexity index is 604. The maximum Gasteiger partial charge on any atom is 0.249 e. The van der Waals surface area contributed by atoms with Crippen LogP contribution in [0.4, 0.5) is 5.69 Å². The highest BCUT2D eigenvalue weighted by Crippen LogP contribution is 2.33. The molecule has 1 aliphatic heterocycles. The van der Waals surface area contributed by atoms with E-state index < -0.39 is 6.04 Å². The Labute approximate surface area is 142 Å². The van der Waals surface area contributed by atoms with E-state index in [4.69, 9.17) is 16.3 Å². The van der Waals surface area contributed by atoms with E-state index in [0.717, 1.165) is 0 Å². The van der Waals surface area contributed by atoms with Crippen molar-refractivity contribution in [1.29, 1.82) is 0 Å². The molecule has 5 nitrogen and oxygen atoms in total. The molecule has 2 rings (SSSR count). The molecule has 1 atom stereocenters. The van der Waals surface area contributed by atoms with E-state index in [1.165, 1.54) is 0 Å². The molecule has 23 heavy (non-hydrogen) atoms. The number of carbonyl (C=O) groups is 2. The van der Waals surface area contributed by atoms with E-state index in [9.17, 15) is 9.59 Å². The molecule has 1 heterocycles. The van der Waals surface area contributed by atoms with Gasteiger partial charge >= 0.3 is 0 Å². The first-order valence-electron chi connectivity index (χ1n) is 7.79. The highest BCUT2D eigenvalue weighted by Gasteiger charge is 2.35. The van der Waals surface area contributed by atoms with Crippen LogP contribution < -0.4 is 9.64 Å². The van der Waals surface area contributed by atoms with E-state index >= 15 is 0 Å². The van der Waals surface area contributed by atoms with Crippen molar-refractivity contribution in [1.82, 2.24) is 4.90 Å². The summed E-state index contributed by atoms with van der Waals surface area (Å²) in [5.41, 5.74) is 0.646. The average molecular weight is 339 g/mol. The van der Waals surface area contributed by atoms with Gasteiger partial charge in [-0.05, 0) is 31.0 Å². The summed E-state index contributed by atoms with van der Waals surface area (Å²) in [6, 6.07) is 4.70. The quantitative estimate of drug-likeness (QED) is 0.848. The minimum Gasteiger partial charge on any atom is -0.495 e. The molecule has 1 aliphatic rings. The maximum absolute atomic E-state index is 12.7. The molecule has 0 aliphatic carbocycles. The number of amides is 2. The molecule has 0 spiro atoms. The van der Waals surface area contributed by atoms with Crippen molar-refractivity contribution in [2.24, 2.45) is 5.92 Å². The van der Waals surface area contributed by atoms with Gasteiger partial charge in [0.15, 0.2) is 0 Å². The van der Waals surface area contributed by atoms with Crippen molar-refractivity contribution < 1.29 is 14.3 Å². The van der Waals surface area contributed by atoms with Gasteiger partial charge in [-0.15, -0.1) is 0 Å². The molecule has 2 amide bonds. The maximum atomic E-state index is 12.7. The Morgan fingerprint density at radius 3 is 2.70 bits per heavy atom. The molecular formula is C17H23ClN2O3. The average Bonchev–Trinajstić information content (AvgIpc) is 2.49. The summed E-state index contributed by atoms with van der Waals surface area (Å²) in [6.07, 6.45) is 0.456. The Morgan fingerprint density at radius 2 is 2.09 bits per heavy atom. The van der Waals surface area contributed by atoms with E-state index in [0.29, 0.717) is 36.0 Å². The second-order valence-corrected chi connectivity index (χ2v) is 6.60. The van der Waals surface area contributed by atoms with Crippen molar-refractivity contribution in [2.45, 2.75) is 33.2 Å². The number of halogens is 1. The zero-order valence-electron chi connectivity index (χ0n) is 14.0. The minimum atomic E-state index is -0.487. The standard InChI is InChI=1S/C17H23ClN2O3/c1-11(2)9-16(21)19-7-8-20(17(22)12(19)3)14-10-13(18)5-6-15(14)23-4/h5-6,10-12H,7-9H2,1-4H3/t12-/m0/s1. The third-order valence-corrected chi connectivity index (χ3v) is 4.23. The lowest BCUT2D eigenvalue weighted by Crippen LogP contribution is -2.58. The van der Waals surface area contributed by atoms with Crippen LogP contribution in [0.5, 0.6) is 5.75 Å². The van der Waals surface area contributed by atoms with Crippen LogP contribution in [0.3, 0.4) is 0 Å². The number of anilines is 1. The summed E-state index contributed by atoms with van der Waals surface area (Å²) >= 11 is 6.06. The van der Waals surface area contributed by atoms with Gasteiger partial charge < -0.3 is 14.5 Å². The van der Waals surface area contributed by atoms with Crippen molar-refractivity contribution in [3.63, 3.8) is 0 Å². The summed E-state index contributed by atoms with van der Waals surface area (Å²) in [6.45, 7) is 6.70. The second kappa shape index (κ2) is 7.21. The first-order chi connectivity index (χ1) is 10.8. The van der Waals surface area contributed by atoms with Gasteiger partial charge in [-0.1, -0.05) is 25.4 Å². The Kier molecular flexibility index (Phi) is 5.52. The Morgan fingerprint density at radius 1 is 1.39 bits per heavy atom. The van der Waals surface area contributed by atoms with E-state index in [1.54, 1.807) is 42.0 Å². The van der Waals surface area contributed by atoms with Gasteiger partial charge in [0.2, 0.25) is 11.8 Å². The first-order valence-corrected chi connectivity index (χ1v) is 8.17. The molecule has 126 valence electrons. The number of piperazine rings is 1. The lowest BCUT2D eigenvalue weighted by atomic mass is 10.1. The van der Waals surface area contributed by atoms with Crippen LogP contribution in [0.15, 0.2) is 18.2 Å². The fourth-order valence-electron chi connectivity index (χ4n) is 2.79. The van der Waals surface area contributed by atoms with Gasteiger partial charge in [0.05, 0.1) is 12.8 Å². The third kappa shape index (κ3) is 3.78. The molecule has 1 fully saturated rings. The second-order valence-electron chi connectivity index (χ2n) is 6.17. The van der Waals surface area contributed by atoms with Crippen LogP contribution >= 0.6 is 11.6 Å². The Balaban J connectivity index is 2.22. The number of hydrogen-bond donors (Lipinski definition) is 0. The molecule has 1 saturated heterocycles. The van der Waals surface area contributed by atoms with E-state index in [-0.39, 0.29) is 17.7 Å². The topological polar surface area (TPSA) is 49.9 Å². The molecule has 1 aromatic rings. The van der Waals surface area contributed by atoms with Crippen molar-refractivity contribution in [3.05, 3.63) is 23.2 Å². The predicted octanol–water partition coefficient (Wildman–Crippen LogP) is 2.96. The number of carbonyl (C=O) groups excluding carboxylic acids is 2. The third-order valence-electron chi connectivity index (χ3n) is 3.99. The van der Waals surface area contributed by atoms with Crippen LogP contribution in [0.2, 0.25) is 5.02 Å². The molecular weight excluding hydrogens is 316 g/mol. The summed E-state index contributed by atoms with van der Waals surface area (Å²) < 4.78 is 5.33. The largest absolute Gasteiger partial charge is 0.495 e. The number of rotatable bonds is 4. The van der Waals surface area contributed by atoms with E-state index in [2.05, 4.69) is 0 Å². The SMILES string of the molecule is COc1ccc(Cl)cc1N1CCN(C(=O)CC(C)C)[C@@H](C)C1=O. The minimum absolute atomic E-state index is 0.0264. The molecule has 0 N–H and O–H groups in total. The van der Waals surface area contributed by atoms with Crippen molar-refractivity contribution in [3.8, 4) is 5.75 Å². The first kappa shape index (κ1) is 17.6. The normalized spacial score (nSPS) is 18.5. The van der Waals surface area contributed by atoms with Gasteiger partial charge in [0.1, 0.15) is 11.8 Å². The van der Waals surface area contributed by atoms with Crippen LogP contribution in [0, 0.1) is 5.92 Å². The fraction of sp³-hybridized carbons (Fsp3) is 0.529. The van der Waals surface area contributed by atoms with Crippen LogP contribution in [0.25, 0.3) is 0 Å². The lowest BCUT2D eigenvalue weighted by Gasteiger charge is -2.39. The van der Waals surface area contributed by atoms with Gasteiger partial charge in [0.25, 0.3) is 0 Å². The van der Waals surface area contributed by atoms with Crippen molar-refractivity contribution in [2.75, 3.05) is 25.1 Å². The highest BCUT2D eigenvalue weighted by molar-refractivity contribution is 6.31. The summed E-state index contributed by atoms with van der Waals surface area (Å²) in [4.78, 5) is 28.3. The summed E-state index contributed by atoms with van der Waals surface area (Å²) in [5.74, 6) is 0.778. The zero-order chi connectivity index (χ0) is 17.1. The van der Waals surface area contributed by atoms with Crippen molar-refractivity contribution >= 4 is 29.1 Å². The van der Waals surface area contributed by atoms with Crippen LogP contribution in [0.1, 0.15) is 27.2 Å². The van der Waals surface area contributed by atoms with E-state index in [1.807, 2.05) is 13.8 Å². The molecule has 1 aromatic carbocycles. The molecule has 6 heteroatoms. The number of benzene rings is 1. The van der Waals surface area contributed by atoms with Gasteiger partial charge in [-0.2, -0.15) is 0 Å². The summed E-state index contributed by atoms with van der Waals surface area (Å²) in [5, 5.41) is 0.541. The Hall–Kier alpha value is -1.75. The highest BCUT2D eigenvalue weighted by atomic mass is 35.5. The van der Waals surface area contributed by atoms with Crippen LogP contribution in [-0.4, -0.2) is 43.0 Å². The van der Waals surface area contributed by atoms with Crippen LogP contribution in [-0.2, 0) is 9.59 Å². The molecule has 0 unspecified atom stereocenters.